The first-order valence-electron chi connectivity index (χ1n) is 4.07. The lowest BCUT2D eigenvalue weighted by atomic mass is 10.2. The zero-order valence-electron chi connectivity index (χ0n) is 7.58. The van der Waals surface area contributed by atoms with Gasteiger partial charge in [0.1, 0.15) is 0 Å². The van der Waals surface area contributed by atoms with Gasteiger partial charge in [0.15, 0.2) is 0 Å². The number of hydrogen-bond acceptors (Lipinski definition) is 2. The Hall–Kier alpha value is -0.780. The van der Waals surface area contributed by atoms with Crippen molar-refractivity contribution in [3.8, 4) is 12.3 Å². The summed E-state index contributed by atoms with van der Waals surface area (Å²) in [5.74, 6) is 2.49. The molecule has 0 radical (unpaired) electrons. The fourth-order valence-corrected chi connectivity index (χ4v) is 1.47. The first-order chi connectivity index (χ1) is 5.83. The highest BCUT2D eigenvalue weighted by molar-refractivity contribution is 7.09. The van der Waals surface area contributed by atoms with Crippen LogP contribution in [0.4, 0.5) is 0 Å². The fourth-order valence-electron chi connectivity index (χ4n) is 0.704. The van der Waals surface area contributed by atoms with Gasteiger partial charge in [0, 0.05) is 11.3 Å². The molecule has 12 heavy (non-hydrogen) atoms. The maximum Gasteiger partial charge on any atom is 0.0710 e. The van der Waals surface area contributed by atoms with Gasteiger partial charge in [0.2, 0.25) is 0 Å². The molecule has 1 nitrogen and oxygen atoms in total. The van der Waals surface area contributed by atoms with Crippen LogP contribution >= 0.6 is 11.3 Å². The molecule has 0 saturated carbocycles. The van der Waals surface area contributed by atoms with E-state index in [2.05, 4.69) is 5.92 Å². The first-order valence-corrected chi connectivity index (χ1v) is 4.95. The Labute approximate surface area is 78.6 Å². The minimum atomic E-state index is -0.126. The van der Waals surface area contributed by atoms with Crippen LogP contribution in [0.2, 0.25) is 0 Å². The molecule has 0 aliphatic rings. The van der Waals surface area contributed by atoms with Crippen molar-refractivity contribution in [3.05, 3.63) is 22.4 Å². The molecule has 1 aromatic rings. The van der Waals surface area contributed by atoms with Crippen molar-refractivity contribution in [1.29, 1.82) is 0 Å². The second kappa shape index (κ2) is 6.90. The SMILES string of the molecule is C#CC(N)Cc1cccs1.CC. The van der Waals surface area contributed by atoms with Crippen LogP contribution in [0.15, 0.2) is 17.5 Å². The van der Waals surface area contributed by atoms with E-state index in [0.717, 1.165) is 6.42 Å². The van der Waals surface area contributed by atoms with Gasteiger partial charge in [0.05, 0.1) is 6.04 Å². The smallest absolute Gasteiger partial charge is 0.0710 e. The van der Waals surface area contributed by atoms with E-state index in [-0.39, 0.29) is 6.04 Å². The Morgan fingerprint density at radius 3 is 2.75 bits per heavy atom. The highest BCUT2D eigenvalue weighted by atomic mass is 32.1. The summed E-state index contributed by atoms with van der Waals surface area (Å²) in [5.41, 5.74) is 5.53. The molecule has 66 valence electrons. The van der Waals surface area contributed by atoms with Gasteiger partial charge in [0.25, 0.3) is 0 Å². The Balaban J connectivity index is 0.000000561. The highest BCUT2D eigenvalue weighted by Crippen LogP contribution is 2.09. The molecule has 0 fully saturated rings. The standard InChI is InChI=1S/C8H9NS.C2H6/c1-2-7(9)6-8-4-3-5-10-8;1-2/h1,3-5,7H,6,9H2;1-2H3. The first kappa shape index (κ1) is 11.2. The van der Waals surface area contributed by atoms with Gasteiger partial charge >= 0.3 is 0 Å². The predicted molar refractivity (Wildman–Crippen MR) is 56.2 cm³/mol. The van der Waals surface area contributed by atoms with Crippen LogP contribution < -0.4 is 5.73 Å². The molecular formula is C10H15NS. The summed E-state index contributed by atoms with van der Waals surface area (Å²) in [4.78, 5) is 1.26. The molecule has 1 atom stereocenters. The van der Waals surface area contributed by atoms with Crippen molar-refractivity contribution >= 4 is 11.3 Å². The average molecular weight is 181 g/mol. The molecule has 0 saturated heterocycles. The van der Waals surface area contributed by atoms with E-state index < -0.39 is 0 Å². The van der Waals surface area contributed by atoms with Crippen molar-refractivity contribution in [2.45, 2.75) is 26.3 Å². The molecule has 0 bridgehead atoms. The summed E-state index contributed by atoms with van der Waals surface area (Å²) in [7, 11) is 0. The Bertz CT molecular complexity index is 220. The number of thiophene rings is 1. The summed E-state index contributed by atoms with van der Waals surface area (Å²) in [6, 6.07) is 3.92. The van der Waals surface area contributed by atoms with Crippen molar-refractivity contribution in [2.75, 3.05) is 0 Å². The molecule has 1 heterocycles. The molecule has 0 aromatic carbocycles. The van der Waals surface area contributed by atoms with Crippen LogP contribution in [-0.4, -0.2) is 6.04 Å². The van der Waals surface area contributed by atoms with E-state index in [1.54, 1.807) is 11.3 Å². The van der Waals surface area contributed by atoms with Gasteiger partial charge in [-0.15, -0.1) is 17.8 Å². The van der Waals surface area contributed by atoms with Crippen LogP contribution in [0.5, 0.6) is 0 Å². The van der Waals surface area contributed by atoms with Crippen molar-refractivity contribution < 1.29 is 0 Å². The van der Waals surface area contributed by atoms with Gasteiger partial charge < -0.3 is 5.73 Å². The third kappa shape index (κ3) is 4.17. The molecule has 0 aliphatic carbocycles. The Morgan fingerprint density at radius 1 is 1.67 bits per heavy atom. The van der Waals surface area contributed by atoms with E-state index in [1.807, 2.05) is 31.4 Å². The Kier molecular flexibility index (Phi) is 6.45. The van der Waals surface area contributed by atoms with E-state index >= 15 is 0 Å². The molecule has 1 unspecified atom stereocenters. The number of nitrogens with two attached hydrogens (primary N) is 1. The van der Waals surface area contributed by atoms with Crippen LogP contribution in [0, 0.1) is 12.3 Å². The summed E-state index contributed by atoms with van der Waals surface area (Å²) >= 11 is 1.69. The summed E-state index contributed by atoms with van der Waals surface area (Å²) < 4.78 is 0. The molecule has 2 heteroatoms. The van der Waals surface area contributed by atoms with E-state index in [4.69, 9.17) is 12.2 Å². The van der Waals surface area contributed by atoms with Crippen LogP contribution in [0.25, 0.3) is 0 Å². The van der Waals surface area contributed by atoms with Crippen molar-refractivity contribution in [1.82, 2.24) is 0 Å². The van der Waals surface area contributed by atoms with Crippen LogP contribution in [0.1, 0.15) is 18.7 Å². The van der Waals surface area contributed by atoms with Gasteiger partial charge in [-0.3, -0.25) is 0 Å². The predicted octanol–water partition coefficient (Wildman–Crippen LogP) is 2.28. The van der Waals surface area contributed by atoms with E-state index in [0.29, 0.717) is 0 Å². The number of rotatable bonds is 2. The van der Waals surface area contributed by atoms with E-state index in [1.165, 1.54) is 4.88 Å². The van der Waals surface area contributed by atoms with Crippen molar-refractivity contribution in [2.24, 2.45) is 5.73 Å². The van der Waals surface area contributed by atoms with Crippen LogP contribution in [0.3, 0.4) is 0 Å². The minimum Gasteiger partial charge on any atom is -0.317 e. The third-order valence-corrected chi connectivity index (χ3v) is 2.11. The maximum atomic E-state index is 5.53. The zero-order valence-corrected chi connectivity index (χ0v) is 8.40. The summed E-state index contributed by atoms with van der Waals surface area (Å²) in [5, 5.41) is 2.03. The molecule has 0 amide bonds. The largest absolute Gasteiger partial charge is 0.317 e. The zero-order chi connectivity index (χ0) is 9.40. The van der Waals surface area contributed by atoms with Crippen molar-refractivity contribution in [3.63, 3.8) is 0 Å². The third-order valence-electron chi connectivity index (χ3n) is 1.22. The lowest BCUT2D eigenvalue weighted by Crippen LogP contribution is -2.19. The van der Waals surface area contributed by atoms with E-state index in [9.17, 15) is 0 Å². The van der Waals surface area contributed by atoms with Gasteiger partial charge in [-0.2, -0.15) is 0 Å². The van der Waals surface area contributed by atoms with Gasteiger partial charge in [-0.05, 0) is 11.4 Å². The summed E-state index contributed by atoms with van der Waals surface area (Å²) in [6.45, 7) is 4.00. The fraction of sp³-hybridized carbons (Fsp3) is 0.400. The summed E-state index contributed by atoms with van der Waals surface area (Å²) in [6.07, 6.45) is 5.92. The minimum absolute atomic E-state index is 0.126. The van der Waals surface area contributed by atoms with Gasteiger partial charge in [-0.1, -0.05) is 25.8 Å². The Morgan fingerprint density at radius 2 is 2.33 bits per heavy atom. The normalized spacial score (nSPS) is 10.8. The quantitative estimate of drug-likeness (QED) is 0.696. The second-order valence-corrected chi connectivity index (χ2v) is 3.09. The molecular weight excluding hydrogens is 166 g/mol. The number of terminal acetylenes is 1. The lowest BCUT2D eigenvalue weighted by Gasteiger charge is -1.98. The van der Waals surface area contributed by atoms with Crippen LogP contribution in [-0.2, 0) is 6.42 Å². The molecule has 1 aromatic heterocycles. The number of hydrogen-bond donors (Lipinski definition) is 1. The second-order valence-electron chi connectivity index (χ2n) is 2.06. The average Bonchev–Trinajstić information content (AvgIpc) is 2.60. The molecule has 0 aliphatic heterocycles. The topological polar surface area (TPSA) is 26.0 Å². The maximum absolute atomic E-state index is 5.53. The monoisotopic (exact) mass is 181 g/mol. The molecule has 0 spiro atoms. The highest BCUT2D eigenvalue weighted by Gasteiger charge is 1.98. The van der Waals surface area contributed by atoms with Gasteiger partial charge in [-0.25, -0.2) is 0 Å². The molecule has 2 N–H and O–H groups in total. The molecule has 1 rings (SSSR count). The lowest BCUT2D eigenvalue weighted by molar-refractivity contribution is 0.848.